The molecule has 0 unspecified atom stereocenters. The summed E-state index contributed by atoms with van der Waals surface area (Å²) in [7, 11) is 0. The van der Waals surface area contributed by atoms with Gasteiger partial charge in [-0.1, -0.05) is 19.1 Å². The third-order valence-corrected chi connectivity index (χ3v) is 3.94. The van der Waals surface area contributed by atoms with Crippen LogP contribution < -0.4 is 5.32 Å². The fourth-order valence-electron chi connectivity index (χ4n) is 2.51. The van der Waals surface area contributed by atoms with E-state index in [9.17, 15) is 14.4 Å². The van der Waals surface area contributed by atoms with E-state index in [1.807, 2.05) is 0 Å². The van der Waals surface area contributed by atoms with Gasteiger partial charge in [0.1, 0.15) is 0 Å². The smallest absolute Gasteiger partial charge is 0.340 e. The van der Waals surface area contributed by atoms with Crippen LogP contribution in [0.15, 0.2) is 24.3 Å². The number of para-hydroxylation sites is 1. The van der Waals surface area contributed by atoms with Crippen molar-refractivity contribution in [3.63, 3.8) is 0 Å². The number of carbonyl (C=O) groups excluding carboxylic acids is 3. The van der Waals surface area contributed by atoms with Gasteiger partial charge in [-0.05, 0) is 37.8 Å². The summed E-state index contributed by atoms with van der Waals surface area (Å²) in [5.74, 6) is -1.24. The lowest BCUT2D eigenvalue weighted by Gasteiger charge is -2.29. The molecular formula is C17H22N2O4. The first-order chi connectivity index (χ1) is 11.0. The predicted octanol–water partition coefficient (Wildman–Crippen LogP) is 2.06. The van der Waals surface area contributed by atoms with Crippen LogP contribution in [0.1, 0.15) is 37.0 Å². The van der Waals surface area contributed by atoms with E-state index in [1.54, 1.807) is 36.1 Å². The van der Waals surface area contributed by atoms with Crippen LogP contribution in [0.4, 0.5) is 5.69 Å². The molecule has 0 aliphatic carbocycles. The van der Waals surface area contributed by atoms with Crippen LogP contribution in [0.2, 0.25) is 0 Å². The van der Waals surface area contributed by atoms with Crippen LogP contribution in [0.25, 0.3) is 0 Å². The molecule has 2 rings (SSSR count). The highest BCUT2D eigenvalue weighted by molar-refractivity contribution is 6.39. The van der Waals surface area contributed by atoms with Gasteiger partial charge in [0.2, 0.25) is 0 Å². The summed E-state index contributed by atoms with van der Waals surface area (Å²) < 4.78 is 4.95. The van der Waals surface area contributed by atoms with Crippen molar-refractivity contribution < 1.29 is 19.1 Å². The molecule has 6 nitrogen and oxygen atoms in total. The first kappa shape index (κ1) is 17.0. The van der Waals surface area contributed by atoms with Crippen LogP contribution in [-0.2, 0) is 14.3 Å². The topological polar surface area (TPSA) is 75.7 Å². The van der Waals surface area contributed by atoms with Gasteiger partial charge < -0.3 is 15.0 Å². The Labute approximate surface area is 135 Å². The molecule has 0 aromatic heterocycles. The van der Waals surface area contributed by atoms with Crippen LogP contribution in [0, 0.1) is 5.92 Å². The lowest BCUT2D eigenvalue weighted by atomic mass is 9.99. The maximum Gasteiger partial charge on any atom is 0.340 e. The van der Waals surface area contributed by atoms with Crippen molar-refractivity contribution in [1.29, 1.82) is 0 Å². The molecule has 1 fully saturated rings. The number of carbonyl (C=O) groups is 3. The number of nitrogens with zero attached hydrogens (tertiary/aromatic N) is 1. The standard InChI is InChI=1S/C17H22N2O4/c1-3-23-17(22)13-6-4-5-7-14(13)18-15(20)16(21)19-10-8-12(2)9-11-19/h4-7,12H,3,8-11H2,1-2H3,(H,18,20). The molecule has 23 heavy (non-hydrogen) atoms. The number of rotatable bonds is 3. The highest BCUT2D eigenvalue weighted by Crippen LogP contribution is 2.18. The fraction of sp³-hybridized carbons (Fsp3) is 0.471. The van der Waals surface area contributed by atoms with Crippen molar-refractivity contribution in [1.82, 2.24) is 4.90 Å². The van der Waals surface area contributed by atoms with E-state index in [2.05, 4.69) is 12.2 Å². The Morgan fingerprint density at radius 2 is 1.87 bits per heavy atom. The van der Waals surface area contributed by atoms with Crippen LogP contribution in [0.3, 0.4) is 0 Å². The third kappa shape index (κ3) is 4.31. The Hall–Kier alpha value is -2.37. The zero-order valence-electron chi connectivity index (χ0n) is 13.5. The van der Waals surface area contributed by atoms with Gasteiger partial charge in [-0.3, -0.25) is 9.59 Å². The number of piperidine rings is 1. The summed E-state index contributed by atoms with van der Waals surface area (Å²) in [6, 6.07) is 6.50. The summed E-state index contributed by atoms with van der Waals surface area (Å²) in [5.41, 5.74) is 0.525. The molecule has 124 valence electrons. The van der Waals surface area contributed by atoms with Gasteiger partial charge in [-0.25, -0.2) is 4.79 Å². The molecule has 2 amide bonds. The maximum absolute atomic E-state index is 12.2. The molecule has 1 aliphatic rings. The van der Waals surface area contributed by atoms with Gasteiger partial charge >= 0.3 is 17.8 Å². The van der Waals surface area contributed by atoms with Crippen LogP contribution >= 0.6 is 0 Å². The Balaban J connectivity index is 2.05. The van der Waals surface area contributed by atoms with Crippen molar-refractivity contribution in [3.8, 4) is 0 Å². The second-order valence-corrected chi connectivity index (χ2v) is 5.69. The molecule has 6 heteroatoms. The third-order valence-electron chi connectivity index (χ3n) is 3.94. The SMILES string of the molecule is CCOC(=O)c1ccccc1NC(=O)C(=O)N1CCC(C)CC1. The van der Waals surface area contributed by atoms with E-state index >= 15 is 0 Å². The van der Waals surface area contributed by atoms with Gasteiger partial charge in [0.25, 0.3) is 0 Å². The molecule has 1 aromatic rings. The summed E-state index contributed by atoms with van der Waals surface area (Å²) in [6.07, 6.45) is 1.80. The van der Waals surface area contributed by atoms with E-state index < -0.39 is 17.8 Å². The van der Waals surface area contributed by atoms with Crippen molar-refractivity contribution >= 4 is 23.5 Å². The fourth-order valence-corrected chi connectivity index (χ4v) is 2.51. The van der Waals surface area contributed by atoms with Crippen molar-refractivity contribution in [2.45, 2.75) is 26.7 Å². The Kier molecular flexibility index (Phi) is 5.73. The van der Waals surface area contributed by atoms with Crippen LogP contribution in [-0.4, -0.2) is 42.4 Å². The highest BCUT2D eigenvalue weighted by Gasteiger charge is 2.26. The minimum atomic E-state index is -0.726. The molecular weight excluding hydrogens is 296 g/mol. The number of amides is 2. The Bertz CT molecular complexity index is 592. The van der Waals surface area contributed by atoms with E-state index in [1.165, 1.54) is 0 Å². The van der Waals surface area contributed by atoms with Gasteiger partial charge in [0.15, 0.2) is 0 Å². The van der Waals surface area contributed by atoms with Crippen molar-refractivity contribution in [2.75, 3.05) is 25.0 Å². The molecule has 1 heterocycles. The Morgan fingerprint density at radius 1 is 1.22 bits per heavy atom. The van der Waals surface area contributed by atoms with Crippen LogP contribution in [0.5, 0.6) is 0 Å². The second-order valence-electron chi connectivity index (χ2n) is 5.69. The molecule has 1 N–H and O–H groups in total. The van der Waals surface area contributed by atoms with Crippen molar-refractivity contribution in [3.05, 3.63) is 29.8 Å². The summed E-state index contributed by atoms with van der Waals surface area (Å²) >= 11 is 0. The molecule has 1 aromatic carbocycles. The quantitative estimate of drug-likeness (QED) is 0.684. The summed E-state index contributed by atoms with van der Waals surface area (Å²) in [6.45, 7) is 5.27. The zero-order valence-corrected chi connectivity index (χ0v) is 13.5. The first-order valence-corrected chi connectivity index (χ1v) is 7.89. The second kappa shape index (κ2) is 7.76. The van der Waals surface area contributed by atoms with Crippen molar-refractivity contribution in [2.24, 2.45) is 5.92 Å². The minimum Gasteiger partial charge on any atom is -0.462 e. The molecule has 0 spiro atoms. The van der Waals surface area contributed by atoms with E-state index in [0.717, 1.165) is 12.8 Å². The average molecular weight is 318 g/mol. The maximum atomic E-state index is 12.2. The predicted molar refractivity (Wildman–Crippen MR) is 86.0 cm³/mol. The number of anilines is 1. The van der Waals surface area contributed by atoms with E-state index in [4.69, 9.17) is 4.74 Å². The zero-order chi connectivity index (χ0) is 16.8. The monoisotopic (exact) mass is 318 g/mol. The molecule has 0 saturated carbocycles. The highest BCUT2D eigenvalue weighted by atomic mass is 16.5. The molecule has 0 radical (unpaired) electrons. The lowest BCUT2D eigenvalue weighted by Crippen LogP contribution is -2.44. The average Bonchev–Trinajstić information content (AvgIpc) is 2.55. The van der Waals surface area contributed by atoms with Gasteiger partial charge in [-0.2, -0.15) is 0 Å². The van der Waals surface area contributed by atoms with E-state index in [0.29, 0.717) is 19.0 Å². The molecule has 1 aliphatic heterocycles. The first-order valence-electron chi connectivity index (χ1n) is 7.89. The Morgan fingerprint density at radius 3 is 2.52 bits per heavy atom. The summed E-state index contributed by atoms with van der Waals surface area (Å²) in [5, 5.41) is 2.53. The largest absolute Gasteiger partial charge is 0.462 e. The molecule has 0 atom stereocenters. The number of ether oxygens (including phenoxy) is 1. The van der Waals surface area contributed by atoms with Gasteiger partial charge in [-0.15, -0.1) is 0 Å². The number of esters is 1. The summed E-state index contributed by atoms with van der Waals surface area (Å²) in [4.78, 5) is 37.8. The molecule has 0 bridgehead atoms. The number of benzene rings is 1. The minimum absolute atomic E-state index is 0.239. The normalized spacial score (nSPS) is 15.1. The molecule has 1 saturated heterocycles. The van der Waals surface area contributed by atoms with Gasteiger partial charge in [0, 0.05) is 13.1 Å². The number of likely N-dealkylation sites (tertiary alicyclic amines) is 1. The van der Waals surface area contributed by atoms with Gasteiger partial charge in [0.05, 0.1) is 17.9 Å². The number of nitrogens with one attached hydrogen (secondary N) is 1. The number of hydrogen-bond donors (Lipinski definition) is 1. The number of hydrogen-bond acceptors (Lipinski definition) is 4. The lowest BCUT2D eigenvalue weighted by molar-refractivity contribution is -0.144. The van der Waals surface area contributed by atoms with E-state index in [-0.39, 0.29) is 17.9 Å².